The van der Waals surface area contributed by atoms with Gasteiger partial charge in [-0.2, -0.15) is 0 Å². The number of benzene rings is 2. The molecule has 0 heterocycles. The van der Waals surface area contributed by atoms with E-state index in [0.717, 1.165) is 11.1 Å². The van der Waals surface area contributed by atoms with Gasteiger partial charge >= 0.3 is 5.97 Å². The lowest BCUT2D eigenvalue weighted by atomic mass is 9.92. The summed E-state index contributed by atoms with van der Waals surface area (Å²) in [5.74, 6) is 1.99. The Bertz CT molecular complexity index is 1140. The molecule has 3 rings (SSSR count). The predicted octanol–water partition coefficient (Wildman–Crippen LogP) is 3.23. The number of esters is 1. The molecule has 3 N–H and O–H groups in total. The minimum atomic E-state index is -0.510. The number of fused-ring (bicyclic) bond motifs is 1. The van der Waals surface area contributed by atoms with E-state index in [1.807, 2.05) is 26.0 Å². The van der Waals surface area contributed by atoms with Crippen LogP contribution in [0.4, 0.5) is 0 Å². The first-order valence-electron chi connectivity index (χ1n) is 11.5. The minimum absolute atomic E-state index is 0.0275. The first-order valence-corrected chi connectivity index (χ1v) is 11.5. The standard InChI is InChI=1S/C27H33NO7/c1-15(2)11-21(28)27(30)35-23-12-16(7-10-22(23)31-3)19-13-17(29)8-9-18-20(19)14-24(32-4)26(34-6)25(18)33-5/h7,10,12-15,21H,8-9,11,28H2,1-6H3/p+1. The van der Waals surface area contributed by atoms with Crippen molar-refractivity contribution in [2.45, 2.75) is 39.2 Å². The fourth-order valence-electron chi connectivity index (χ4n) is 4.28. The first-order chi connectivity index (χ1) is 16.7. The van der Waals surface area contributed by atoms with Crippen molar-refractivity contribution in [2.75, 3.05) is 28.4 Å². The quantitative estimate of drug-likeness (QED) is 0.430. The van der Waals surface area contributed by atoms with Gasteiger partial charge in [0.25, 0.3) is 0 Å². The Hall–Kier alpha value is -3.52. The fraction of sp³-hybridized carbons (Fsp3) is 0.407. The average molecular weight is 485 g/mol. The molecule has 2 aromatic rings. The highest BCUT2D eigenvalue weighted by Gasteiger charge is 2.27. The zero-order valence-electron chi connectivity index (χ0n) is 21.2. The Balaban J connectivity index is 2.14. The van der Waals surface area contributed by atoms with Crippen molar-refractivity contribution in [3.63, 3.8) is 0 Å². The molecule has 1 unspecified atom stereocenters. The van der Waals surface area contributed by atoms with E-state index in [9.17, 15) is 9.59 Å². The maximum atomic E-state index is 12.7. The molecule has 0 aliphatic heterocycles. The van der Waals surface area contributed by atoms with Gasteiger partial charge < -0.3 is 29.4 Å². The largest absolute Gasteiger partial charge is 0.493 e. The highest BCUT2D eigenvalue weighted by Crippen LogP contribution is 2.47. The molecule has 0 saturated heterocycles. The molecule has 1 aliphatic rings. The molecule has 35 heavy (non-hydrogen) atoms. The van der Waals surface area contributed by atoms with E-state index in [-0.39, 0.29) is 11.5 Å². The topological polar surface area (TPSA) is 108 Å². The van der Waals surface area contributed by atoms with E-state index in [0.29, 0.717) is 59.3 Å². The molecule has 0 aromatic heterocycles. The van der Waals surface area contributed by atoms with Crippen LogP contribution in [0, 0.1) is 5.92 Å². The van der Waals surface area contributed by atoms with Crippen LogP contribution in [0.3, 0.4) is 0 Å². The second-order valence-corrected chi connectivity index (χ2v) is 8.81. The molecule has 0 amide bonds. The molecule has 8 heteroatoms. The molecule has 188 valence electrons. The third kappa shape index (κ3) is 5.59. The van der Waals surface area contributed by atoms with E-state index in [2.05, 4.69) is 5.73 Å². The van der Waals surface area contributed by atoms with E-state index in [4.69, 9.17) is 23.7 Å². The van der Waals surface area contributed by atoms with E-state index in [1.165, 1.54) is 7.11 Å². The fourth-order valence-corrected chi connectivity index (χ4v) is 4.28. The van der Waals surface area contributed by atoms with Gasteiger partial charge in [-0.05, 0) is 53.3 Å². The van der Waals surface area contributed by atoms with Gasteiger partial charge in [0.1, 0.15) is 0 Å². The monoisotopic (exact) mass is 484 g/mol. The van der Waals surface area contributed by atoms with E-state index in [1.54, 1.807) is 39.5 Å². The molecule has 1 aliphatic carbocycles. The van der Waals surface area contributed by atoms with Crippen molar-refractivity contribution >= 4 is 17.3 Å². The highest BCUT2D eigenvalue weighted by atomic mass is 16.6. The molecular weight excluding hydrogens is 450 g/mol. The summed E-state index contributed by atoms with van der Waals surface area (Å²) in [7, 11) is 6.16. The van der Waals surface area contributed by atoms with Crippen LogP contribution in [0.2, 0.25) is 0 Å². The molecule has 0 spiro atoms. The number of quaternary nitrogens is 1. The van der Waals surface area contributed by atoms with Gasteiger partial charge in [0.2, 0.25) is 5.75 Å². The van der Waals surface area contributed by atoms with Crippen LogP contribution < -0.4 is 29.4 Å². The minimum Gasteiger partial charge on any atom is -0.493 e. The Labute approximate surface area is 205 Å². The number of methoxy groups -OCH3 is 4. The van der Waals surface area contributed by atoms with Crippen molar-refractivity contribution < 1.29 is 39.0 Å². The van der Waals surface area contributed by atoms with Gasteiger partial charge in [-0.25, -0.2) is 4.79 Å². The predicted molar refractivity (Wildman–Crippen MR) is 131 cm³/mol. The SMILES string of the molecule is COc1ccc(C2=CC(=O)CCc3c2cc(OC)c(OC)c3OC)cc1OC(=O)C([NH3+])CC(C)C. The van der Waals surface area contributed by atoms with E-state index < -0.39 is 12.0 Å². The lowest BCUT2D eigenvalue weighted by Gasteiger charge is -2.20. The number of allylic oxidation sites excluding steroid dienone is 1. The number of carbonyl (C=O) groups excluding carboxylic acids is 2. The Kier molecular flexibility index (Phi) is 8.40. The summed E-state index contributed by atoms with van der Waals surface area (Å²) < 4.78 is 27.9. The lowest BCUT2D eigenvalue weighted by Crippen LogP contribution is -2.66. The van der Waals surface area contributed by atoms with Gasteiger partial charge in [-0.15, -0.1) is 0 Å². The number of rotatable bonds is 9. The lowest BCUT2D eigenvalue weighted by molar-refractivity contribution is -0.409. The third-order valence-corrected chi connectivity index (χ3v) is 5.92. The maximum Gasteiger partial charge on any atom is 0.370 e. The molecule has 0 saturated carbocycles. The highest BCUT2D eigenvalue weighted by molar-refractivity contribution is 6.03. The first kappa shape index (κ1) is 26.1. The summed E-state index contributed by atoms with van der Waals surface area (Å²) in [5.41, 5.74) is 6.90. The molecular formula is C27H34NO7+. The Morgan fingerprint density at radius 3 is 2.20 bits per heavy atom. The van der Waals surface area contributed by atoms with E-state index >= 15 is 0 Å². The Morgan fingerprint density at radius 2 is 1.60 bits per heavy atom. The van der Waals surface area contributed by atoms with Crippen LogP contribution in [0.25, 0.3) is 5.57 Å². The molecule has 0 fully saturated rings. The van der Waals surface area contributed by atoms with Crippen molar-refractivity contribution in [2.24, 2.45) is 5.92 Å². The average Bonchev–Trinajstić information content (AvgIpc) is 3.00. The van der Waals surface area contributed by atoms with Crippen LogP contribution in [-0.2, 0) is 16.0 Å². The third-order valence-electron chi connectivity index (χ3n) is 5.92. The summed E-state index contributed by atoms with van der Waals surface area (Å²) in [4.78, 5) is 25.4. The normalized spacial score (nSPS) is 13.9. The van der Waals surface area contributed by atoms with Gasteiger partial charge in [-0.3, -0.25) is 4.79 Å². The van der Waals surface area contributed by atoms with Gasteiger partial charge in [0.05, 0.1) is 28.4 Å². The van der Waals surface area contributed by atoms with Crippen molar-refractivity contribution in [1.29, 1.82) is 0 Å². The van der Waals surface area contributed by atoms with Crippen LogP contribution in [0.15, 0.2) is 30.3 Å². The number of hydrogen-bond acceptors (Lipinski definition) is 7. The van der Waals surface area contributed by atoms with Crippen LogP contribution in [0.1, 0.15) is 43.4 Å². The maximum absolute atomic E-state index is 12.7. The molecule has 0 bridgehead atoms. The zero-order valence-corrected chi connectivity index (χ0v) is 21.2. The van der Waals surface area contributed by atoms with Crippen molar-refractivity contribution in [3.05, 3.63) is 47.0 Å². The number of carbonyl (C=O) groups is 2. The van der Waals surface area contributed by atoms with Crippen molar-refractivity contribution in [1.82, 2.24) is 0 Å². The Morgan fingerprint density at radius 1 is 0.914 bits per heavy atom. The molecule has 1 atom stereocenters. The number of ketones is 1. The summed E-state index contributed by atoms with van der Waals surface area (Å²) in [6.07, 6.45) is 3.01. The smallest absolute Gasteiger partial charge is 0.370 e. The summed E-state index contributed by atoms with van der Waals surface area (Å²) in [6.45, 7) is 4.05. The van der Waals surface area contributed by atoms with Crippen LogP contribution >= 0.6 is 0 Å². The van der Waals surface area contributed by atoms with Gasteiger partial charge in [-0.1, -0.05) is 19.9 Å². The second-order valence-electron chi connectivity index (χ2n) is 8.81. The molecule has 2 aromatic carbocycles. The number of ether oxygens (including phenoxy) is 5. The molecule has 8 nitrogen and oxygen atoms in total. The second kappa shape index (κ2) is 11.3. The molecule has 0 radical (unpaired) electrons. The summed E-state index contributed by atoms with van der Waals surface area (Å²) in [6, 6.07) is 6.57. The summed E-state index contributed by atoms with van der Waals surface area (Å²) >= 11 is 0. The zero-order chi connectivity index (χ0) is 25.7. The van der Waals surface area contributed by atoms with Gasteiger partial charge in [0.15, 0.2) is 34.8 Å². The summed E-state index contributed by atoms with van der Waals surface area (Å²) in [5, 5.41) is 0. The van der Waals surface area contributed by atoms with Crippen LogP contribution in [-0.4, -0.2) is 46.2 Å². The number of hydrogen-bond donors (Lipinski definition) is 1. The van der Waals surface area contributed by atoms with Gasteiger partial charge in [0, 0.05) is 18.4 Å². The van der Waals surface area contributed by atoms with Crippen LogP contribution in [0.5, 0.6) is 28.7 Å². The van der Waals surface area contributed by atoms with Crippen molar-refractivity contribution in [3.8, 4) is 28.7 Å².